The van der Waals surface area contributed by atoms with Gasteiger partial charge < -0.3 is 18.8 Å². The molecule has 4 heterocycles. The molecule has 0 unspecified atom stereocenters. The van der Waals surface area contributed by atoms with Gasteiger partial charge in [0.15, 0.2) is 5.82 Å². The monoisotopic (exact) mass is 511 g/mol. The van der Waals surface area contributed by atoms with Gasteiger partial charge in [-0.15, -0.1) is 0 Å². The summed E-state index contributed by atoms with van der Waals surface area (Å²) >= 11 is 0. The minimum absolute atomic E-state index is 0.0619. The predicted molar refractivity (Wildman–Crippen MR) is 133 cm³/mol. The van der Waals surface area contributed by atoms with Crippen LogP contribution < -0.4 is 4.74 Å². The molecule has 1 aliphatic heterocycles. The van der Waals surface area contributed by atoms with Crippen molar-refractivity contribution in [1.29, 1.82) is 0 Å². The lowest BCUT2D eigenvalue weighted by Gasteiger charge is -2.35. The number of methoxy groups -OCH3 is 1. The highest BCUT2D eigenvalue weighted by atomic mass is 19.4. The van der Waals surface area contributed by atoms with Crippen molar-refractivity contribution in [2.24, 2.45) is 18.9 Å². The molecule has 1 aliphatic carbocycles. The Hall–Kier alpha value is -3.56. The smallest absolute Gasteiger partial charge is 0.406 e. The molecular formula is C27H28F3N5O2. The van der Waals surface area contributed by atoms with Crippen LogP contribution in [0.1, 0.15) is 36.0 Å². The van der Waals surface area contributed by atoms with Crippen molar-refractivity contribution in [3.8, 4) is 17.3 Å². The van der Waals surface area contributed by atoms with E-state index in [4.69, 9.17) is 9.72 Å². The molecule has 0 N–H and O–H groups in total. The first-order chi connectivity index (χ1) is 17.7. The number of ether oxygens (including phenoxy) is 1. The first-order valence-corrected chi connectivity index (χ1v) is 12.6. The van der Waals surface area contributed by atoms with Crippen LogP contribution in [0.25, 0.3) is 33.6 Å². The van der Waals surface area contributed by atoms with Crippen LogP contribution in [0.5, 0.6) is 5.75 Å². The van der Waals surface area contributed by atoms with Gasteiger partial charge >= 0.3 is 6.18 Å². The van der Waals surface area contributed by atoms with Gasteiger partial charge in [-0.25, -0.2) is 9.97 Å². The van der Waals surface area contributed by atoms with E-state index in [2.05, 4.69) is 4.98 Å². The lowest BCUT2D eigenvalue weighted by Crippen LogP contribution is -2.42. The van der Waals surface area contributed by atoms with E-state index < -0.39 is 12.7 Å². The van der Waals surface area contributed by atoms with E-state index in [1.807, 2.05) is 4.90 Å². The second-order valence-electron chi connectivity index (χ2n) is 10.2. The van der Waals surface area contributed by atoms with Gasteiger partial charge in [-0.05, 0) is 55.0 Å². The molecule has 7 nitrogen and oxygen atoms in total. The van der Waals surface area contributed by atoms with Crippen molar-refractivity contribution in [3.63, 3.8) is 0 Å². The number of amides is 1. The third-order valence-electron chi connectivity index (χ3n) is 7.95. The number of carbonyl (C=O) groups excluding carboxylic acids is 1. The minimum atomic E-state index is -4.44. The number of fused-ring (bicyclic) bond motifs is 3. The van der Waals surface area contributed by atoms with Crippen LogP contribution >= 0.6 is 0 Å². The number of imidazole rings is 1. The highest BCUT2D eigenvalue weighted by Crippen LogP contribution is 2.39. The van der Waals surface area contributed by atoms with Gasteiger partial charge in [-0.3, -0.25) is 4.79 Å². The summed E-state index contributed by atoms with van der Waals surface area (Å²) in [6.07, 6.45) is 1.72. The van der Waals surface area contributed by atoms with Crippen molar-refractivity contribution >= 4 is 28.0 Å². The van der Waals surface area contributed by atoms with Gasteiger partial charge in [0, 0.05) is 37.3 Å². The van der Waals surface area contributed by atoms with Gasteiger partial charge in [0.2, 0.25) is 0 Å². The summed E-state index contributed by atoms with van der Waals surface area (Å²) < 4.78 is 49.1. The third-order valence-corrected chi connectivity index (χ3v) is 7.95. The fourth-order valence-electron chi connectivity index (χ4n) is 6.23. The van der Waals surface area contributed by atoms with Gasteiger partial charge in [-0.1, -0.05) is 12.8 Å². The molecule has 6 rings (SSSR count). The summed E-state index contributed by atoms with van der Waals surface area (Å²) in [6, 6.07) is 8.52. The van der Waals surface area contributed by atoms with E-state index >= 15 is 0 Å². The number of aryl methyl sites for hydroxylation is 1. The first kappa shape index (κ1) is 23.8. The van der Waals surface area contributed by atoms with Crippen molar-refractivity contribution in [1.82, 2.24) is 24.0 Å². The molecule has 3 aromatic heterocycles. The van der Waals surface area contributed by atoms with E-state index in [9.17, 15) is 18.0 Å². The Balaban J connectivity index is 1.44. The van der Waals surface area contributed by atoms with Crippen molar-refractivity contribution in [3.05, 3.63) is 42.1 Å². The number of benzene rings is 1. The van der Waals surface area contributed by atoms with E-state index in [1.54, 1.807) is 41.9 Å². The standard InChI is InChI=1S/C27H28F3N5O2/c1-33-23-20(32-25(33)21-12-17-7-4-9-31-24(17)35(21)15-27(28,29)30)11-19(13-22(23)37-2)26(36)34-10-8-16-5-3-6-18(16)14-34/h4,7,9,11-13,16,18H,3,5-6,8,10,14-15H2,1-2H3/t16-,18+/m0/s1. The molecule has 0 spiro atoms. The number of hydrogen-bond acceptors (Lipinski definition) is 4. The molecule has 2 atom stereocenters. The van der Waals surface area contributed by atoms with Crippen molar-refractivity contribution in [2.45, 2.75) is 38.4 Å². The fourth-order valence-corrected chi connectivity index (χ4v) is 6.23. The second kappa shape index (κ2) is 8.78. The molecule has 194 valence electrons. The van der Waals surface area contributed by atoms with Crippen LogP contribution in [0.4, 0.5) is 13.2 Å². The Labute approximate surface area is 211 Å². The van der Waals surface area contributed by atoms with E-state index in [0.717, 1.165) is 30.0 Å². The van der Waals surface area contributed by atoms with Crippen LogP contribution in [0.2, 0.25) is 0 Å². The van der Waals surface area contributed by atoms with Gasteiger partial charge in [-0.2, -0.15) is 13.2 Å². The second-order valence-corrected chi connectivity index (χ2v) is 10.2. The number of aromatic nitrogens is 4. The summed E-state index contributed by atoms with van der Waals surface area (Å²) in [5.41, 5.74) is 2.11. The molecular weight excluding hydrogens is 483 g/mol. The summed E-state index contributed by atoms with van der Waals surface area (Å²) in [5.74, 6) is 2.01. The molecule has 37 heavy (non-hydrogen) atoms. The number of nitrogens with zero attached hydrogens (tertiary/aromatic N) is 5. The van der Waals surface area contributed by atoms with Gasteiger partial charge in [0.1, 0.15) is 23.5 Å². The molecule has 0 bridgehead atoms. The van der Waals surface area contributed by atoms with Crippen LogP contribution in [-0.2, 0) is 13.6 Å². The summed E-state index contributed by atoms with van der Waals surface area (Å²) in [6.45, 7) is 0.310. The Bertz CT molecular complexity index is 1510. The Kier molecular flexibility index (Phi) is 5.65. The Morgan fingerprint density at radius 2 is 1.97 bits per heavy atom. The summed E-state index contributed by atoms with van der Waals surface area (Å²) in [5, 5.41) is 0.590. The molecule has 10 heteroatoms. The molecule has 1 amide bonds. The number of halogens is 3. The molecule has 1 aromatic carbocycles. The summed E-state index contributed by atoms with van der Waals surface area (Å²) in [7, 11) is 3.26. The van der Waals surface area contributed by atoms with Gasteiger partial charge in [0.05, 0.1) is 18.3 Å². The molecule has 2 fully saturated rings. The maximum atomic E-state index is 13.5. The highest BCUT2D eigenvalue weighted by Gasteiger charge is 2.35. The number of hydrogen-bond donors (Lipinski definition) is 0. The quantitative estimate of drug-likeness (QED) is 0.367. The molecule has 1 saturated heterocycles. The third kappa shape index (κ3) is 4.12. The number of likely N-dealkylation sites (tertiary alicyclic amines) is 1. The topological polar surface area (TPSA) is 65.2 Å². The SMILES string of the molecule is COc1cc(C(=O)N2CC[C@@H]3CCC[C@@H]3C2)cc2nc(-c3cc4cccnc4n3CC(F)(F)F)n(C)c12. The lowest BCUT2D eigenvalue weighted by atomic mass is 9.88. The molecule has 0 radical (unpaired) electrons. The average molecular weight is 512 g/mol. The van der Waals surface area contributed by atoms with Crippen LogP contribution in [0.3, 0.4) is 0 Å². The minimum Gasteiger partial charge on any atom is -0.494 e. The Morgan fingerprint density at radius 3 is 2.76 bits per heavy atom. The fraction of sp³-hybridized carbons (Fsp3) is 0.444. The number of piperidine rings is 1. The zero-order valence-corrected chi connectivity index (χ0v) is 20.8. The maximum absolute atomic E-state index is 13.5. The maximum Gasteiger partial charge on any atom is 0.406 e. The predicted octanol–water partition coefficient (Wildman–Crippen LogP) is 5.42. The number of alkyl halides is 3. The van der Waals surface area contributed by atoms with E-state index in [1.165, 1.54) is 32.6 Å². The number of rotatable bonds is 4. The van der Waals surface area contributed by atoms with E-state index in [-0.39, 0.29) is 11.6 Å². The lowest BCUT2D eigenvalue weighted by molar-refractivity contribution is -0.139. The van der Waals surface area contributed by atoms with Crippen molar-refractivity contribution in [2.75, 3.05) is 20.2 Å². The number of carbonyl (C=O) groups is 1. The average Bonchev–Trinajstić information content (AvgIpc) is 3.57. The van der Waals surface area contributed by atoms with Crippen LogP contribution in [0, 0.1) is 11.8 Å². The largest absolute Gasteiger partial charge is 0.494 e. The van der Waals surface area contributed by atoms with Gasteiger partial charge in [0.25, 0.3) is 5.91 Å². The van der Waals surface area contributed by atoms with Crippen LogP contribution in [-0.4, -0.2) is 56.3 Å². The molecule has 1 saturated carbocycles. The Morgan fingerprint density at radius 1 is 1.16 bits per heavy atom. The summed E-state index contributed by atoms with van der Waals surface area (Å²) in [4.78, 5) is 24.3. The number of pyridine rings is 1. The zero-order chi connectivity index (χ0) is 25.9. The van der Waals surface area contributed by atoms with Crippen LogP contribution in [0.15, 0.2) is 36.5 Å². The normalized spacial score (nSPS) is 20.1. The highest BCUT2D eigenvalue weighted by molar-refractivity contribution is 6.00. The first-order valence-electron chi connectivity index (χ1n) is 12.6. The molecule has 4 aromatic rings. The molecule has 2 aliphatic rings. The zero-order valence-electron chi connectivity index (χ0n) is 20.8. The van der Waals surface area contributed by atoms with E-state index in [0.29, 0.717) is 45.2 Å². The van der Waals surface area contributed by atoms with Crippen molar-refractivity contribution < 1.29 is 22.7 Å².